The lowest BCUT2D eigenvalue weighted by Crippen LogP contribution is -2.14. The summed E-state index contributed by atoms with van der Waals surface area (Å²) in [4.78, 5) is 17.8. The van der Waals surface area contributed by atoms with Crippen molar-refractivity contribution < 1.29 is 14.6 Å². The van der Waals surface area contributed by atoms with E-state index >= 15 is 0 Å². The minimum Gasteiger partial charge on any atom is -0.489 e. The Morgan fingerprint density at radius 2 is 1.68 bits per heavy atom. The first-order chi connectivity index (χ1) is 20.0. The van der Waals surface area contributed by atoms with Gasteiger partial charge in [0.1, 0.15) is 18.2 Å². The zero-order valence-electron chi connectivity index (χ0n) is 22.8. The molecular formula is C34H31ClN2O3S. The largest absolute Gasteiger partial charge is 0.489 e. The van der Waals surface area contributed by atoms with E-state index in [4.69, 9.17) is 21.3 Å². The summed E-state index contributed by atoms with van der Waals surface area (Å²) >= 11 is 8.08. The lowest BCUT2D eigenvalue weighted by Gasteiger charge is -2.25. The average molecular weight is 583 g/mol. The van der Waals surface area contributed by atoms with Crippen LogP contribution < -0.4 is 4.74 Å². The summed E-state index contributed by atoms with van der Waals surface area (Å²) in [5.41, 5.74) is 6.17. The van der Waals surface area contributed by atoms with Gasteiger partial charge in [0.15, 0.2) is 0 Å². The summed E-state index contributed by atoms with van der Waals surface area (Å²) in [5.74, 6) is 0.680. The highest BCUT2D eigenvalue weighted by atomic mass is 35.5. The second kappa shape index (κ2) is 12.0. The zero-order chi connectivity index (χ0) is 28.3. The van der Waals surface area contributed by atoms with Crippen molar-refractivity contribution in [3.8, 4) is 28.3 Å². The summed E-state index contributed by atoms with van der Waals surface area (Å²) < 4.78 is 8.55. The molecule has 1 aromatic heterocycles. The second-order valence-corrected chi connectivity index (χ2v) is 11.8. The molecule has 0 saturated heterocycles. The Balaban J connectivity index is 1.27. The van der Waals surface area contributed by atoms with Crippen molar-refractivity contribution in [2.24, 2.45) is 0 Å². The molecule has 0 aliphatic heterocycles. The predicted molar refractivity (Wildman–Crippen MR) is 167 cm³/mol. The number of carboxylic acid groups (broad SMARTS) is 1. The molecule has 0 unspecified atom stereocenters. The van der Waals surface area contributed by atoms with Gasteiger partial charge in [0.2, 0.25) is 0 Å². The third kappa shape index (κ3) is 5.85. The molecule has 1 saturated carbocycles. The van der Waals surface area contributed by atoms with Gasteiger partial charge in [-0.15, -0.1) is 11.8 Å². The fourth-order valence-electron chi connectivity index (χ4n) is 5.74. The minimum atomic E-state index is -0.943. The van der Waals surface area contributed by atoms with Crippen LogP contribution in [-0.4, -0.2) is 26.9 Å². The number of ether oxygens (including phenoxy) is 1. The van der Waals surface area contributed by atoms with Gasteiger partial charge in [-0.2, -0.15) is 0 Å². The summed E-state index contributed by atoms with van der Waals surface area (Å²) in [5, 5.41) is 10.2. The number of fused-ring (bicyclic) bond motifs is 1. The fraction of sp³-hybridized carbons (Fsp3) is 0.235. The van der Waals surface area contributed by atoms with Crippen molar-refractivity contribution >= 4 is 40.4 Å². The van der Waals surface area contributed by atoms with Gasteiger partial charge in [0.05, 0.1) is 16.6 Å². The first kappa shape index (κ1) is 27.4. The molecule has 1 fully saturated rings. The van der Waals surface area contributed by atoms with E-state index in [9.17, 15) is 9.90 Å². The number of aromatic carboxylic acids is 1. The van der Waals surface area contributed by atoms with Crippen LogP contribution in [0.15, 0.2) is 89.8 Å². The van der Waals surface area contributed by atoms with E-state index < -0.39 is 5.97 Å². The maximum Gasteiger partial charge on any atom is 0.335 e. The zero-order valence-corrected chi connectivity index (χ0v) is 24.4. The standard InChI is InChI=1S/C34H31ClN2O3S/c1-41-29-15-9-22(10-16-29)30-17-12-26(35)19-25(30)21-40-28-13-7-23(8-14-28)33-36-31-20-24(34(38)39)11-18-32(31)37(33)27-5-3-2-4-6-27/h7-20,27H,2-6,21H2,1H3,(H,38,39). The maximum atomic E-state index is 11.6. The number of carboxylic acids is 1. The van der Waals surface area contributed by atoms with E-state index in [0.29, 0.717) is 23.2 Å². The molecule has 5 aromatic rings. The summed E-state index contributed by atoms with van der Waals surface area (Å²) in [6, 6.07) is 28.0. The van der Waals surface area contributed by atoms with Crippen LogP contribution in [0, 0.1) is 0 Å². The molecule has 0 amide bonds. The van der Waals surface area contributed by atoms with Crippen LogP contribution in [0.5, 0.6) is 5.75 Å². The van der Waals surface area contributed by atoms with E-state index in [0.717, 1.165) is 52.2 Å². The van der Waals surface area contributed by atoms with Crippen molar-refractivity contribution in [2.45, 2.75) is 49.6 Å². The quantitative estimate of drug-likeness (QED) is 0.185. The maximum absolute atomic E-state index is 11.6. The number of hydrogen-bond donors (Lipinski definition) is 1. The smallest absolute Gasteiger partial charge is 0.335 e. The number of halogens is 1. The molecular weight excluding hydrogens is 552 g/mol. The monoisotopic (exact) mass is 582 g/mol. The van der Waals surface area contributed by atoms with Crippen molar-refractivity contribution in [1.29, 1.82) is 0 Å². The van der Waals surface area contributed by atoms with Crippen molar-refractivity contribution in [2.75, 3.05) is 6.26 Å². The Morgan fingerprint density at radius 3 is 2.39 bits per heavy atom. The normalized spacial score (nSPS) is 13.9. The molecule has 1 aliphatic rings. The van der Waals surface area contributed by atoms with Crippen LogP contribution in [0.1, 0.15) is 54.1 Å². The number of rotatable bonds is 8. The third-order valence-electron chi connectivity index (χ3n) is 7.85. The fourth-order valence-corrected chi connectivity index (χ4v) is 6.34. The molecule has 5 nitrogen and oxygen atoms in total. The predicted octanol–water partition coefficient (Wildman–Crippen LogP) is 9.53. The van der Waals surface area contributed by atoms with Crippen molar-refractivity contribution in [3.63, 3.8) is 0 Å². The molecule has 7 heteroatoms. The third-order valence-corrected chi connectivity index (χ3v) is 8.83. The Labute approximate surface area is 249 Å². The van der Waals surface area contributed by atoms with Gasteiger partial charge in [0, 0.05) is 21.5 Å². The topological polar surface area (TPSA) is 64.3 Å². The van der Waals surface area contributed by atoms with Gasteiger partial charge in [-0.3, -0.25) is 0 Å². The Hall–Kier alpha value is -3.74. The summed E-state index contributed by atoms with van der Waals surface area (Å²) in [6.07, 6.45) is 7.91. The first-order valence-corrected chi connectivity index (χ1v) is 15.5. The van der Waals surface area contributed by atoms with E-state index in [1.165, 1.54) is 24.2 Å². The number of thioether (sulfide) groups is 1. The Morgan fingerprint density at radius 1 is 0.951 bits per heavy atom. The number of carbonyl (C=O) groups is 1. The molecule has 4 aromatic carbocycles. The first-order valence-electron chi connectivity index (χ1n) is 13.9. The van der Waals surface area contributed by atoms with Gasteiger partial charge >= 0.3 is 5.97 Å². The summed E-state index contributed by atoms with van der Waals surface area (Å²) in [6.45, 7) is 0.387. The molecule has 1 aliphatic carbocycles. The van der Waals surface area contributed by atoms with Crippen molar-refractivity contribution in [3.05, 3.63) is 101 Å². The second-order valence-electron chi connectivity index (χ2n) is 10.4. The molecule has 1 N–H and O–H groups in total. The molecule has 0 bridgehead atoms. The number of imidazole rings is 1. The average Bonchev–Trinajstić information content (AvgIpc) is 3.40. The van der Waals surface area contributed by atoms with Crippen LogP contribution in [-0.2, 0) is 6.61 Å². The van der Waals surface area contributed by atoms with Gasteiger partial charge in [-0.25, -0.2) is 9.78 Å². The molecule has 0 radical (unpaired) electrons. The molecule has 1 heterocycles. The van der Waals surface area contributed by atoms with E-state index in [1.54, 1.807) is 23.9 Å². The van der Waals surface area contributed by atoms with E-state index in [1.807, 2.05) is 48.5 Å². The molecule has 6 rings (SSSR count). The number of benzene rings is 4. The van der Waals surface area contributed by atoms with Crippen LogP contribution in [0.3, 0.4) is 0 Å². The molecule has 0 spiro atoms. The molecule has 208 valence electrons. The van der Waals surface area contributed by atoms with Gasteiger partial charge < -0.3 is 14.4 Å². The van der Waals surface area contributed by atoms with Crippen LogP contribution in [0.25, 0.3) is 33.5 Å². The lowest BCUT2D eigenvalue weighted by molar-refractivity contribution is 0.0697. The number of aromatic nitrogens is 2. The highest BCUT2D eigenvalue weighted by Crippen LogP contribution is 2.37. The number of nitrogens with zero attached hydrogens (tertiary/aromatic N) is 2. The van der Waals surface area contributed by atoms with Gasteiger partial charge in [-0.1, -0.05) is 49.1 Å². The summed E-state index contributed by atoms with van der Waals surface area (Å²) in [7, 11) is 0. The van der Waals surface area contributed by atoms with Crippen LogP contribution in [0.4, 0.5) is 0 Å². The van der Waals surface area contributed by atoms with Crippen LogP contribution in [0.2, 0.25) is 5.02 Å². The van der Waals surface area contributed by atoms with E-state index in [2.05, 4.69) is 35.1 Å². The van der Waals surface area contributed by atoms with E-state index in [-0.39, 0.29) is 5.56 Å². The molecule has 41 heavy (non-hydrogen) atoms. The highest BCUT2D eigenvalue weighted by Gasteiger charge is 2.23. The molecule has 0 atom stereocenters. The highest BCUT2D eigenvalue weighted by molar-refractivity contribution is 7.98. The Bertz CT molecular complexity index is 1690. The SMILES string of the molecule is CSc1ccc(-c2ccc(Cl)cc2COc2ccc(-c3nc4cc(C(=O)O)ccc4n3C3CCCCC3)cc2)cc1. The van der Waals surface area contributed by atoms with Gasteiger partial charge in [0.25, 0.3) is 0 Å². The lowest BCUT2D eigenvalue weighted by atomic mass is 9.95. The van der Waals surface area contributed by atoms with Gasteiger partial charge in [-0.05, 0) is 103 Å². The van der Waals surface area contributed by atoms with Crippen molar-refractivity contribution in [1.82, 2.24) is 9.55 Å². The minimum absolute atomic E-state index is 0.252. The number of hydrogen-bond acceptors (Lipinski definition) is 4. The van der Waals surface area contributed by atoms with Crippen LogP contribution >= 0.6 is 23.4 Å². The Kier molecular flexibility index (Phi) is 8.04.